The van der Waals surface area contributed by atoms with Crippen molar-refractivity contribution in [2.24, 2.45) is 0 Å². The number of halogens is 2. The third-order valence-corrected chi connectivity index (χ3v) is 3.44. The quantitative estimate of drug-likeness (QED) is 0.789. The number of amides is 1. The standard InChI is InChI=1S/C14H17N3OS.2ClH/c15-12-3-1-11(2-4-12)7-8-16-14(18)6-5-13-9-19-10-17-13;;/h1-4,9-10H,5-8,15H2,(H,16,18);2*1H. The van der Waals surface area contributed by atoms with Gasteiger partial charge in [0, 0.05) is 24.0 Å². The van der Waals surface area contributed by atoms with Gasteiger partial charge in [0.1, 0.15) is 0 Å². The van der Waals surface area contributed by atoms with Gasteiger partial charge >= 0.3 is 0 Å². The minimum atomic E-state index is 0. The van der Waals surface area contributed by atoms with Crippen molar-refractivity contribution < 1.29 is 4.79 Å². The number of nitrogens with zero attached hydrogens (tertiary/aromatic N) is 1. The van der Waals surface area contributed by atoms with Crippen molar-refractivity contribution in [2.75, 3.05) is 12.3 Å². The molecule has 3 N–H and O–H groups in total. The Morgan fingerprint density at radius 1 is 1.19 bits per heavy atom. The number of nitrogens with one attached hydrogen (secondary N) is 1. The molecule has 1 amide bonds. The summed E-state index contributed by atoms with van der Waals surface area (Å²) in [6.07, 6.45) is 2.02. The van der Waals surface area contributed by atoms with Gasteiger partial charge in [-0.1, -0.05) is 12.1 Å². The van der Waals surface area contributed by atoms with E-state index in [4.69, 9.17) is 5.73 Å². The van der Waals surface area contributed by atoms with E-state index in [1.165, 1.54) is 5.56 Å². The Morgan fingerprint density at radius 3 is 2.52 bits per heavy atom. The van der Waals surface area contributed by atoms with E-state index in [1.54, 1.807) is 16.8 Å². The molecule has 1 aromatic carbocycles. The Kier molecular flexibility index (Phi) is 9.78. The van der Waals surface area contributed by atoms with Gasteiger partial charge in [-0.2, -0.15) is 0 Å². The van der Waals surface area contributed by atoms with E-state index in [-0.39, 0.29) is 30.7 Å². The van der Waals surface area contributed by atoms with Crippen molar-refractivity contribution in [2.45, 2.75) is 19.3 Å². The number of hydrogen-bond acceptors (Lipinski definition) is 4. The summed E-state index contributed by atoms with van der Waals surface area (Å²) >= 11 is 1.55. The van der Waals surface area contributed by atoms with E-state index >= 15 is 0 Å². The lowest BCUT2D eigenvalue weighted by Crippen LogP contribution is -2.25. The Hall–Kier alpha value is -1.30. The normalized spacial score (nSPS) is 9.33. The van der Waals surface area contributed by atoms with Crippen LogP contribution in [-0.2, 0) is 17.6 Å². The van der Waals surface area contributed by atoms with Gasteiger partial charge in [0.05, 0.1) is 11.2 Å². The molecule has 0 bridgehead atoms. The maximum Gasteiger partial charge on any atom is 0.220 e. The first kappa shape index (κ1) is 19.7. The zero-order valence-electron chi connectivity index (χ0n) is 11.5. The molecule has 0 unspecified atom stereocenters. The van der Waals surface area contributed by atoms with Crippen LogP contribution in [0.1, 0.15) is 17.7 Å². The fourth-order valence-electron chi connectivity index (χ4n) is 1.72. The number of aromatic nitrogens is 1. The number of thiazole rings is 1. The molecule has 0 aliphatic heterocycles. The van der Waals surface area contributed by atoms with E-state index < -0.39 is 0 Å². The van der Waals surface area contributed by atoms with Crippen LogP contribution in [0, 0.1) is 0 Å². The van der Waals surface area contributed by atoms with Gasteiger partial charge in [-0.05, 0) is 30.5 Å². The number of carbonyl (C=O) groups excluding carboxylic acids is 1. The van der Waals surface area contributed by atoms with Crippen molar-refractivity contribution in [3.8, 4) is 0 Å². The largest absolute Gasteiger partial charge is 0.399 e. The molecule has 0 atom stereocenters. The molecule has 2 rings (SSSR count). The summed E-state index contributed by atoms with van der Waals surface area (Å²) in [6, 6.07) is 7.71. The van der Waals surface area contributed by atoms with Crippen LogP contribution < -0.4 is 11.1 Å². The zero-order valence-corrected chi connectivity index (χ0v) is 13.9. The number of nitrogen functional groups attached to an aromatic ring is 1. The van der Waals surface area contributed by atoms with Crippen molar-refractivity contribution in [3.63, 3.8) is 0 Å². The Morgan fingerprint density at radius 2 is 1.90 bits per heavy atom. The highest BCUT2D eigenvalue weighted by molar-refractivity contribution is 7.07. The fourth-order valence-corrected chi connectivity index (χ4v) is 2.31. The average molecular weight is 348 g/mol. The van der Waals surface area contributed by atoms with Gasteiger partial charge < -0.3 is 11.1 Å². The summed E-state index contributed by atoms with van der Waals surface area (Å²) in [5, 5.41) is 4.89. The molecule has 0 radical (unpaired) electrons. The number of nitrogens with two attached hydrogens (primary N) is 1. The van der Waals surface area contributed by atoms with Gasteiger partial charge in [-0.25, -0.2) is 4.98 Å². The molecule has 4 nitrogen and oxygen atoms in total. The zero-order chi connectivity index (χ0) is 13.5. The van der Waals surface area contributed by atoms with E-state index in [0.29, 0.717) is 19.4 Å². The molecule has 21 heavy (non-hydrogen) atoms. The van der Waals surface area contributed by atoms with Gasteiger partial charge in [-0.3, -0.25) is 4.79 Å². The van der Waals surface area contributed by atoms with Crippen LogP contribution in [-0.4, -0.2) is 17.4 Å². The smallest absolute Gasteiger partial charge is 0.220 e. The summed E-state index contributed by atoms with van der Waals surface area (Å²) in [5.74, 6) is 0.0726. The molecule has 0 spiro atoms. The number of benzene rings is 1. The first-order valence-electron chi connectivity index (χ1n) is 6.22. The third-order valence-electron chi connectivity index (χ3n) is 2.81. The van der Waals surface area contributed by atoms with Crippen LogP contribution >= 0.6 is 36.2 Å². The Labute approximate surface area is 141 Å². The van der Waals surface area contributed by atoms with Gasteiger partial charge in [0.15, 0.2) is 0 Å². The van der Waals surface area contributed by atoms with Gasteiger partial charge in [0.2, 0.25) is 5.91 Å². The Balaban J connectivity index is 0.00000200. The minimum Gasteiger partial charge on any atom is -0.399 e. The van der Waals surface area contributed by atoms with E-state index in [0.717, 1.165) is 17.8 Å². The molecule has 7 heteroatoms. The van der Waals surface area contributed by atoms with Crippen LogP contribution in [0.15, 0.2) is 35.2 Å². The van der Waals surface area contributed by atoms with Crippen LogP contribution in [0.3, 0.4) is 0 Å². The van der Waals surface area contributed by atoms with Crippen LogP contribution in [0.5, 0.6) is 0 Å². The maximum absolute atomic E-state index is 11.6. The highest BCUT2D eigenvalue weighted by Crippen LogP contribution is 2.06. The molecule has 116 valence electrons. The number of rotatable bonds is 6. The van der Waals surface area contributed by atoms with Crippen molar-refractivity contribution >= 4 is 47.7 Å². The second-order valence-corrected chi connectivity index (χ2v) is 5.04. The summed E-state index contributed by atoms with van der Waals surface area (Å²) in [4.78, 5) is 15.8. The molecular weight excluding hydrogens is 329 g/mol. The maximum atomic E-state index is 11.6. The number of aryl methyl sites for hydroxylation is 1. The SMILES string of the molecule is Cl.Cl.Nc1ccc(CCNC(=O)CCc2cscn2)cc1. The number of hydrogen-bond donors (Lipinski definition) is 2. The first-order valence-corrected chi connectivity index (χ1v) is 7.16. The van der Waals surface area contributed by atoms with E-state index in [2.05, 4.69) is 10.3 Å². The molecule has 0 fully saturated rings. The van der Waals surface area contributed by atoms with E-state index in [9.17, 15) is 4.79 Å². The third kappa shape index (κ3) is 7.32. The molecule has 0 aliphatic carbocycles. The topological polar surface area (TPSA) is 68.0 Å². The first-order chi connectivity index (χ1) is 9.24. The summed E-state index contributed by atoms with van der Waals surface area (Å²) in [5.41, 5.74) is 10.3. The summed E-state index contributed by atoms with van der Waals surface area (Å²) in [7, 11) is 0. The monoisotopic (exact) mass is 347 g/mol. The van der Waals surface area contributed by atoms with Crippen molar-refractivity contribution in [3.05, 3.63) is 46.4 Å². The fraction of sp³-hybridized carbons (Fsp3) is 0.286. The Bertz CT molecular complexity index is 518. The highest BCUT2D eigenvalue weighted by atomic mass is 35.5. The average Bonchev–Trinajstić information content (AvgIpc) is 2.92. The van der Waals surface area contributed by atoms with Crippen LogP contribution in [0.2, 0.25) is 0 Å². The molecule has 0 saturated carbocycles. The van der Waals surface area contributed by atoms with E-state index in [1.807, 2.05) is 29.6 Å². The number of carbonyl (C=O) groups is 1. The molecular formula is C14H19Cl2N3OS. The van der Waals surface area contributed by atoms with Gasteiger partial charge in [-0.15, -0.1) is 36.2 Å². The molecule has 2 aromatic rings. The highest BCUT2D eigenvalue weighted by Gasteiger charge is 2.03. The minimum absolute atomic E-state index is 0. The van der Waals surface area contributed by atoms with Crippen molar-refractivity contribution in [1.29, 1.82) is 0 Å². The molecule has 1 heterocycles. The second kappa shape index (κ2) is 10.4. The summed E-state index contributed by atoms with van der Waals surface area (Å²) in [6.45, 7) is 0.653. The predicted octanol–water partition coefficient (Wildman–Crippen LogP) is 2.86. The lowest BCUT2D eigenvalue weighted by molar-refractivity contribution is -0.121. The van der Waals surface area contributed by atoms with Crippen molar-refractivity contribution in [1.82, 2.24) is 10.3 Å². The summed E-state index contributed by atoms with van der Waals surface area (Å²) < 4.78 is 0. The lowest BCUT2D eigenvalue weighted by Gasteiger charge is -2.05. The van der Waals surface area contributed by atoms with Crippen LogP contribution in [0.4, 0.5) is 5.69 Å². The lowest BCUT2D eigenvalue weighted by atomic mass is 10.1. The molecule has 0 aliphatic rings. The predicted molar refractivity (Wildman–Crippen MR) is 92.5 cm³/mol. The van der Waals surface area contributed by atoms with Crippen LogP contribution in [0.25, 0.3) is 0 Å². The number of anilines is 1. The molecule has 1 aromatic heterocycles. The second-order valence-electron chi connectivity index (χ2n) is 4.32. The molecule has 0 saturated heterocycles. The van der Waals surface area contributed by atoms with Gasteiger partial charge in [0.25, 0.3) is 0 Å².